The van der Waals surface area contributed by atoms with Gasteiger partial charge in [-0.3, -0.25) is 0 Å². The molecule has 3 heteroatoms. The van der Waals surface area contributed by atoms with Crippen molar-refractivity contribution in [1.82, 2.24) is 9.13 Å². The summed E-state index contributed by atoms with van der Waals surface area (Å²) in [5.74, 6) is 0. The first-order valence-electron chi connectivity index (χ1n) is 10.9. The van der Waals surface area contributed by atoms with Crippen LogP contribution in [0, 0.1) is 6.07 Å². The van der Waals surface area contributed by atoms with Gasteiger partial charge in [-0.15, -0.1) is 6.07 Å². The van der Waals surface area contributed by atoms with Gasteiger partial charge in [-0.05, 0) is 36.4 Å². The van der Waals surface area contributed by atoms with Crippen LogP contribution in [0.4, 0.5) is 0 Å². The molecule has 33 heavy (non-hydrogen) atoms. The molecule has 5 aromatic carbocycles. The van der Waals surface area contributed by atoms with E-state index in [4.69, 9.17) is 0 Å². The third-order valence-corrected chi connectivity index (χ3v) is 6.44. The standard InChI is InChI=1S/C30H19N2.Li/c1-2-10-21(11-3-1)31-29-17-9-6-14-25(29)26-20-22(18-19-30(26)31)32-27-15-7-4-12-23(27)24-13-5-8-16-28(24)32;/h1-2,4-20H;/q-1;+1. The summed E-state index contributed by atoms with van der Waals surface area (Å²) < 4.78 is 4.71. The molecule has 150 valence electrons. The average Bonchev–Trinajstić information content (AvgIpc) is 3.37. The molecule has 2 nitrogen and oxygen atoms in total. The van der Waals surface area contributed by atoms with E-state index < -0.39 is 0 Å². The Balaban J connectivity index is 0.00000206. The fourth-order valence-corrected chi connectivity index (χ4v) is 5.10. The van der Waals surface area contributed by atoms with Crippen molar-refractivity contribution in [3.8, 4) is 11.4 Å². The van der Waals surface area contributed by atoms with Crippen LogP contribution in [-0.2, 0) is 0 Å². The van der Waals surface area contributed by atoms with Gasteiger partial charge in [-0.2, -0.15) is 24.3 Å². The number of nitrogens with zero attached hydrogens (tertiary/aromatic N) is 2. The third kappa shape index (κ3) is 2.89. The molecule has 0 aliphatic rings. The van der Waals surface area contributed by atoms with E-state index >= 15 is 0 Å². The summed E-state index contributed by atoms with van der Waals surface area (Å²) in [6, 6.07) is 44.2. The molecule has 0 saturated heterocycles. The summed E-state index contributed by atoms with van der Waals surface area (Å²) in [5, 5.41) is 5.08. The summed E-state index contributed by atoms with van der Waals surface area (Å²) >= 11 is 0. The molecular weight excluding hydrogens is 395 g/mol. The molecule has 0 atom stereocenters. The van der Waals surface area contributed by atoms with Crippen molar-refractivity contribution in [2.24, 2.45) is 0 Å². The maximum absolute atomic E-state index is 3.23. The van der Waals surface area contributed by atoms with Gasteiger partial charge in [0.1, 0.15) is 0 Å². The molecule has 0 aliphatic heterocycles. The molecule has 0 radical (unpaired) electrons. The Labute approximate surface area is 203 Å². The van der Waals surface area contributed by atoms with Crippen LogP contribution in [0.15, 0.2) is 115 Å². The third-order valence-electron chi connectivity index (χ3n) is 6.44. The number of benzene rings is 5. The van der Waals surface area contributed by atoms with Gasteiger partial charge in [0.15, 0.2) is 0 Å². The van der Waals surface area contributed by atoms with Crippen LogP contribution in [0.1, 0.15) is 0 Å². The van der Waals surface area contributed by atoms with Crippen molar-refractivity contribution in [3.05, 3.63) is 121 Å². The molecule has 0 saturated carbocycles. The number of hydrogen-bond acceptors (Lipinski definition) is 0. The summed E-state index contributed by atoms with van der Waals surface area (Å²) in [6.45, 7) is 0. The van der Waals surface area contributed by atoms with Crippen molar-refractivity contribution in [2.45, 2.75) is 0 Å². The predicted octanol–water partition coefficient (Wildman–Crippen LogP) is 4.68. The van der Waals surface area contributed by atoms with E-state index in [1.54, 1.807) is 0 Å². The minimum absolute atomic E-state index is 0. The molecule has 2 heterocycles. The number of hydrogen-bond donors (Lipinski definition) is 0. The molecule has 7 aromatic rings. The summed E-state index contributed by atoms with van der Waals surface area (Å²) in [6.07, 6.45) is 0. The van der Waals surface area contributed by atoms with E-state index in [1.165, 1.54) is 49.3 Å². The number of rotatable bonds is 2. The first kappa shape index (κ1) is 19.9. The largest absolute Gasteiger partial charge is 1.00 e. The minimum atomic E-state index is 0. The van der Waals surface area contributed by atoms with Crippen LogP contribution in [0.5, 0.6) is 0 Å². The zero-order valence-corrected chi connectivity index (χ0v) is 18.4. The van der Waals surface area contributed by atoms with E-state index in [9.17, 15) is 0 Å². The van der Waals surface area contributed by atoms with Gasteiger partial charge in [-0.1, -0.05) is 60.3 Å². The van der Waals surface area contributed by atoms with Crippen molar-refractivity contribution in [1.29, 1.82) is 0 Å². The van der Waals surface area contributed by atoms with Crippen LogP contribution >= 0.6 is 0 Å². The Morgan fingerprint density at radius 1 is 0.455 bits per heavy atom. The molecule has 0 fully saturated rings. The van der Waals surface area contributed by atoms with Gasteiger partial charge < -0.3 is 9.13 Å². The Morgan fingerprint density at radius 2 is 0.970 bits per heavy atom. The molecular formula is C30H19LiN2. The van der Waals surface area contributed by atoms with Crippen LogP contribution in [0.25, 0.3) is 55.0 Å². The van der Waals surface area contributed by atoms with E-state index in [0.29, 0.717) is 0 Å². The van der Waals surface area contributed by atoms with Crippen LogP contribution in [0.2, 0.25) is 0 Å². The summed E-state index contributed by atoms with van der Waals surface area (Å²) in [5.41, 5.74) is 7.18. The van der Waals surface area contributed by atoms with E-state index in [0.717, 1.165) is 5.69 Å². The smallest absolute Gasteiger partial charge is 0.364 e. The quantitative estimate of drug-likeness (QED) is 0.287. The van der Waals surface area contributed by atoms with Crippen molar-refractivity contribution in [3.63, 3.8) is 0 Å². The van der Waals surface area contributed by atoms with Gasteiger partial charge in [0.25, 0.3) is 0 Å². The fourth-order valence-electron chi connectivity index (χ4n) is 5.10. The monoisotopic (exact) mass is 414 g/mol. The Bertz CT molecular complexity index is 1720. The van der Waals surface area contributed by atoms with Crippen LogP contribution in [-0.4, -0.2) is 9.13 Å². The van der Waals surface area contributed by atoms with Gasteiger partial charge in [0.2, 0.25) is 0 Å². The van der Waals surface area contributed by atoms with Crippen LogP contribution < -0.4 is 18.9 Å². The second kappa shape index (κ2) is 7.71. The second-order valence-corrected chi connectivity index (χ2v) is 8.19. The molecule has 0 N–H and O–H groups in total. The molecule has 0 bridgehead atoms. The predicted molar refractivity (Wildman–Crippen MR) is 134 cm³/mol. The van der Waals surface area contributed by atoms with Gasteiger partial charge in [0.05, 0.1) is 11.0 Å². The Hall–Kier alpha value is -3.70. The zero-order chi connectivity index (χ0) is 21.1. The van der Waals surface area contributed by atoms with Crippen molar-refractivity contribution >= 4 is 43.6 Å². The van der Waals surface area contributed by atoms with E-state index in [-0.39, 0.29) is 18.9 Å². The van der Waals surface area contributed by atoms with Crippen LogP contribution in [0.3, 0.4) is 0 Å². The van der Waals surface area contributed by atoms with Gasteiger partial charge >= 0.3 is 18.9 Å². The molecule has 0 aliphatic carbocycles. The summed E-state index contributed by atoms with van der Waals surface area (Å²) in [7, 11) is 0. The van der Waals surface area contributed by atoms with Crippen molar-refractivity contribution < 1.29 is 18.9 Å². The second-order valence-electron chi connectivity index (χ2n) is 8.19. The summed E-state index contributed by atoms with van der Waals surface area (Å²) in [4.78, 5) is 0. The van der Waals surface area contributed by atoms with Crippen molar-refractivity contribution in [2.75, 3.05) is 0 Å². The Morgan fingerprint density at radius 3 is 1.55 bits per heavy atom. The molecule has 7 rings (SSSR count). The number of para-hydroxylation sites is 3. The van der Waals surface area contributed by atoms with Gasteiger partial charge in [0, 0.05) is 38.3 Å². The zero-order valence-electron chi connectivity index (χ0n) is 18.4. The van der Waals surface area contributed by atoms with Gasteiger partial charge in [-0.25, -0.2) is 0 Å². The molecule has 2 aromatic heterocycles. The maximum atomic E-state index is 3.23. The molecule has 0 amide bonds. The molecule has 0 unspecified atom stereocenters. The number of fused-ring (bicyclic) bond motifs is 6. The maximum Gasteiger partial charge on any atom is 1.00 e. The Kier molecular flexibility index (Phi) is 4.66. The first-order valence-corrected chi connectivity index (χ1v) is 10.9. The fraction of sp³-hybridized carbons (Fsp3) is 0. The number of aromatic nitrogens is 2. The minimum Gasteiger partial charge on any atom is -0.364 e. The average molecular weight is 414 g/mol. The molecule has 0 spiro atoms. The first-order chi connectivity index (χ1) is 15.9. The van der Waals surface area contributed by atoms with E-state index in [2.05, 4.69) is 112 Å². The normalized spacial score (nSPS) is 11.4. The van der Waals surface area contributed by atoms with E-state index in [1.807, 2.05) is 18.2 Å². The SMILES string of the molecule is [Li+].[c-]1cccc(-n2c3ccccc3c3cc(-n4c5ccccc5c5ccccc54)ccc32)c1. The topological polar surface area (TPSA) is 9.86 Å².